The smallest absolute Gasteiger partial charge is 0.293 e. The van der Waals surface area contributed by atoms with E-state index in [-0.39, 0.29) is 17.1 Å². The van der Waals surface area contributed by atoms with Crippen LogP contribution >= 0.6 is 22.9 Å². The summed E-state index contributed by atoms with van der Waals surface area (Å²) in [5, 5.41) is 12.5. The van der Waals surface area contributed by atoms with Gasteiger partial charge in [0.25, 0.3) is 5.91 Å². The monoisotopic (exact) mass is 363 g/mol. The Labute approximate surface area is 146 Å². The number of anilines is 1. The molecule has 2 heterocycles. The molecular weight excluding hydrogens is 350 g/mol. The zero-order valence-corrected chi connectivity index (χ0v) is 14.8. The first-order chi connectivity index (χ1) is 11.3. The molecule has 8 heteroatoms. The maximum atomic E-state index is 12.3. The Morgan fingerprint density at radius 2 is 2.04 bits per heavy atom. The third-order valence-corrected chi connectivity index (χ3v) is 4.93. The van der Waals surface area contributed by atoms with Crippen LogP contribution in [0.4, 0.5) is 5.13 Å². The summed E-state index contributed by atoms with van der Waals surface area (Å²) >= 11 is 7.31. The molecule has 0 aliphatic carbocycles. The minimum Gasteiger partial charge on any atom is -0.451 e. The van der Waals surface area contributed by atoms with E-state index in [0.29, 0.717) is 21.1 Å². The molecule has 0 spiro atoms. The van der Waals surface area contributed by atoms with Crippen molar-refractivity contribution in [3.05, 3.63) is 49.8 Å². The highest BCUT2D eigenvalue weighted by Gasteiger charge is 2.16. The van der Waals surface area contributed by atoms with E-state index in [1.54, 1.807) is 19.1 Å². The van der Waals surface area contributed by atoms with E-state index < -0.39 is 5.91 Å². The number of halogens is 1. The van der Waals surface area contributed by atoms with E-state index in [0.717, 1.165) is 16.6 Å². The zero-order valence-electron chi connectivity index (χ0n) is 13.2. The van der Waals surface area contributed by atoms with Gasteiger partial charge in [0.1, 0.15) is 10.6 Å². The van der Waals surface area contributed by atoms with Crippen molar-refractivity contribution >= 4 is 44.9 Å². The summed E-state index contributed by atoms with van der Waals surface area (Å²) in [6.45, 7) is 5.77. The van der Waals surface area contributed by atoms with Crippen molar-refractivity contribution in [3.63, 3.8) is 0 Å². The SMILES string of the molecule is Cc1cc2oc(C(=O)Nc3nnc(C(C)C)s3)cc(=O)c2cc1Cl. The van der Waals surface area contributed by atoms with E-state index in [9.17, 15) is 9.59 Å². The first-order valence-electron chi connectivity index (χ1n) is 7.24. The lowest BCUT2D eigenvalue weighted by molar-refractivity contribution is 0.0997. The average molecular weight is 364 g/mol. The maximum absolute atomic E-state index is 12.3. The fourth-order valence-electron chi connectivity index (χ4n) is 2.07. The second-order valence-electron chi connectivity index (χ2n) is 5.63. The minimum absolute atomic E-state index is 0.0875. The summed E-state index contributed by atoms with van der Waals surface area (Å²) in [6, 6.07) is 4.32. The average Bonchev–Trinajstić information content (AvgIpc) is 2.98. The fraction of sp³-hybridized carbons (Fsp3) is 0.250. The molecule has 3 rings (SSSR count). The van der Waals surface area contributed by atoms with Crippen LogP contribution in [-0.2, 0) is 0 Å². The molecule has 1 aromatic carbocycles. The predicted octanol–water partition coefficient (Wildman–Crippen LogP) is 3.98. The summed E-state index contributed by atoms with van der Waals surface area (Å²) in [6.07, 6.45) is 0. The van der Waals surface area contributed by atoms with E-state index in [2.05, 4.69) is 15.5 Å². The second kappa shape index (κ2) is 6.33. The number of carbonyl (C=O) groups excluding carboxylic acids is 1. The van der Waals surface area contributed by atoms with Gasteiger partial charge in [-0.1, -0.05) is 36.8 Å². The molecule has 2 aromatic heterocycles. The van der Waals surface area contributed by atoms with Gasteiger partial charge < -0.3 is 4.42 Å². The Bertz CT molecular complexity index is 994. The number of aromatic nitrogens is 2. The van der Waals surface area contributed by atoms with Crippen LogP contribution in [-0.4, -0.2) is 16.1 Å². The Hall–Kier alpha value is -2.25. The van der Waals surface area contributed by atoms with E-state index >= 15 is 0 Å². The highest BCUT2D eigenvalue weighted by molar-refractivity contribution is 7.15. The predicted molar refractivity (Wildman–Crippen MR) is 94.2 cm³/mol. The van der Waals surface area contributed by atoms with Crippen LogP contribution in [0.2, 0.25) is 5.02 Å². The summed E-state index contributed by atoms with van der Waals surface area (Å²) < 4.78 is 5.55. The van der Waals surface area contributed by atoms with Gasteiger partial charge in [0.15, 0.2) is 11.2 Å². The number of aryl methyl sites for hydroxylation is 1. The van der Waals surface area contributed by atoms with Crippen molar-refractivity contribution in [1.29, 1.82) is 0 Å². The summed E-state index contributed by atoms with van der Waals surface area (Å²) in [4.78, 5) is 24.5. The Morgan fingerprint density at radius 1 is 1.29 bits per heavy atom. The molecule has 0 aliphatic rings. The first-order valence-corrected chi connectivity index (χ1v) is 8.43. The number of nitrogens with zero attached hydrogens (tertiary/aromatic N) is 2. The first kappa shape index (κ1) is 16.6. The number of fused-ring (bicyclic) bond motifs is 1. The molecule has 3 aromatic rings. The van der Waals surface area contributed by atoms with Crippen molar-refractivity contribution < 1.29 is 9.21 Å². The summed E-state index contributed by atoms with van der Waals surface area (Å²) in [7, 11) is 0. The van der Waals surface area contributed by atoms with Gasteiger partial charge in [0.05, 0.1) is 5.39 Å². The van der Waals surface area contributed by atoms with Crippen LogP contribution in [0, 0.1) is 6.92 Å². The largest absolute Gasteiger partial charge is 0.451 e. The van der Waals surface area contributed by atoms with Gasteiger partial charge >= 0.3 is 0 Å². The van der Waals surface area contributed by atoms with Gasteiger partial charge in [-0.2, -0.15) is 0 Å². The molecule has 6 nitrogen and oxygen atoms in total. The van der Waals surface area contributed by atoms with Crippen LogP contribution in [0.25, 0.3) is 11.0 Å². The van der Waals surface area contributed by atoms with E-state index in [1.165, 1.54) is 11.3 Å². The van der Waals surface area contributed by atoms with Crippen molar-refractivity contribution in [1.82, 2.24) is 10.2 Å². The van der Waals surface area contributed by atoms with Crippen molar-refractivity contribution in [3.8, 4) is 0 Å². The lowest BCUT2D eigenvalue weighted by Crippen LogP contribution is -2.15. The number of nitrogens with one attached hydrogen (secondary N) is 1. The molecule has 0 unspecified atom stereocenters. The number of hydrogen-bond acceptors (Lipinski definition) is 6. The zero-order chi connectivity index (χ0) is 17.4. The molecule has 0 bridgehead atoms. The van der Waals surface area contributed by atoms with Gasteiger partial charge in [-0.05, 0) is 24.6 Å². The van der Waals surface area contributed by atoms with E-state index in [4.69, 9.17) is 16.0 Å². The molecule has 1 amide bonds. The van der Waals surface area contributed by atoms with Gasteiger partial charge in [-0.15, -0.1) is 10.2 Å². The molecule has 124 valence electrons. The van der Waals surface area contributed by atoms with Crippen LogP contribution in [0.5, 0.6) is 0 Å². The number of amides is 1. The minimum atomic E-state index is -0.548. The highest BCUT2D eigenvalue weighted by Crippen LogP contribution is 2.24. The molecule has 0 atom stereocenters. The summed E-state index contributed by atoms with van der Waals surface area (Å²) in [5.41, 5.74) is 0.744. The Balaban J connectivity index is 1.94. The molecule has 24 heavy (non-hydrogen) atoms. The topological polar surface area (TPSA) is 85.1 Å². The molecule has 0 saturated carbocycles. The number of rotatable bonds is 3. The van der Waals surface area contributed by atoms with Gasteiger partial charge in [-0.3, -0.25) is 14.9 Å². The van der Waals surface area contributed by atoms with Crippen molar-refractivity contribution in [2.75, 3.05) is 5.32 Å². The second-order valence-corrected chi connectivity index (χ2v) is 7.04. The fourth-order valence-corrected chi connectivity index (χ4v) is 2.97. The molecule has 0 fully saturated rings. The van der Waals surface area contributed by atoms with Crippen molar-refractivity contribution in [2.45, 2.75) is 26.7 Å². The standard InChI is InChI=1S/C16H14ClN3O3S/c1-7(2)15-19-20-16(24-15)18-14(22)13-6-11(21)9-5-10(17)8(3)4-12(9)23-13/h4-7H,1-3H3,(H,18,20,22). The van der Waals surface area contributed by atoms with Crippen LogP contribution in [0.15, 0.2) is 27.4 Å². The number of carbonyl (C=O) groups is 1. The summed E-state index contributed by atoms with van der Waals surface area (Å²) in [5.74, 6) is -0.414. The van der Waals surface area contributed by atoms with Gasteiger partial charge in [0, 0.05) is 17.0 Å². The quantitative estimate of drug-likeness (QED) is 0.760. The molecule has 0 saturated heterocycles. The highest BCUT2D eigenvalue weighted by atomic mass is 35.5. The van der Waals surface area contributed by atoms with Gasteiger partial charge in [-0.25, -0.2) is 0 Å². The molecule has 0 radical (unpaired) electrons. The lowest BCUT2D eigenvalue weighted by atomic mass is 10.1. The maximum Gasteiger partial charge on any atom is 0.293 e. The van der Waals surface area contributed by atoms with Gasteiger partial charge in [0.2, 0.25) is 5.13 Å². The molecular formula is C16H14ClN3O3S. The van der Waals surface area contributed by atoms with Crippen LogP contribution in [0.3, 0.4) is 0 Å². The third kappa shape index (κ3) is 3.18. The lowest BCUT2D eigenvalue weighted by Gasteiger charge is -2.04. The van der Waals surface area contributed by atoms with E-state index in [1.807, 2.05) is 13.8 Å². The Kier molecular flexibility index (Phi) is 4.38. The number of benzene rings is 1. The normalized spacial score (nSPS) is 11.2. The van der Waals surface area contributed by atoms with Crippen LogP contribution < -0.4 is 10.7 Å². The molecule has 0 aliphatic heterocycles. The van der Waals surface area contributed by atoms with Crippen LogP contribution in [0.1, 0.15) is 40.9 Å². The molecule has 1 N–H and O–H groups in total. The number of hydrogen-bond donors (Lipinski definition) is 1. The third-order valence-electron chi connectivity index (χ3n) is 3.39. The van der Waals surface area contributed by atoms with Crippen molar-refractivity contribution in [2.24, 2.45) is 0 Å². The Morgan fingerprint density at radius 3 is 2.71 bits per heavy atom.